The van der Waals surface area contributed by atoms with E-state index in [1.807, 2.05) is 61.5 Å². The van der Waals surface area contributed by atoms with Crippen molar-refractivity contribution >= 4 is 15.9 Å². The van der Waals surface area contributed by atoms with Gasteiger partial charge in [0, 0.05) is 19.6 Å². The minimum absolute atomic E-state index is 0.0953. The molecule has 0 atom stereocenters. The van der Waals surface area contributed by atoms with E-state index in [2.05, 4.69) is 5.32 Å². The van der Waals surface area contributed by atoms with E-state index in [4.69, 9.17) is 0 Å². The van der Waals surface area contributed by atoms with E-state index >= 15 is 0 Å². The summed E-state index contributed by atoms with van der Waals surface area (Å²) < 4.78 is 25.4. The smallest absolute Gasteiger partial charge is 0.224 e. The van der Waals surface area contributed by atoms with Crippen LogP contribution in [-0.4, -0.2) is 44.5 Å². The van der Waals surface area contributed by atoms with Crippen molar-refractivity contribution in [1.82, 2.24) is 9.62 Å². The molecule has 0 aliphatic heterocycles. The minimum Gasteiger partial charge on any atom is -0.354 e. The molecule has 0 aliphatic carbocycles. The molecule has 6 heteroatoms. The Morgan fingerprint density at radius 3 is 2.33 bits per heavy atom. The molecular weight excluding hydrogens is 360 g/mol. The third-order valence-electron chi connectivity index (χ3n) is 4.48. The Kier molecular flexibility index (Phi) is 8.00. The van der Waals surface area contributed by atoms with Crippen molar-refractivity contribution in [3.8, 4) is 0 Å². The van der Waals surface area contributed by atoms with Crippen LogP contribution in [0.1, 0.15) is 23.1 Å². The number of benzene rings is 2. The number of nitrogens with zero attached hydrogens (tertiary/aromatic N) is 1. The Morgan fingerprint density at radius 2 is 1.67 bits per heavy atom. The van der Waals surface area contributed by atoms with Crippen LogP contribution in [0.2, 0.25) is 0 Å². The maximum atomic E-state index is 12.1. The predicted octanol–water partition coefficient (Wildman–Crippen LogP) is 2.55. The number of hydrogen-bond acceptors (Lipinski definition) is 3. The lowest BCUT2D eigenvalue weighted by molar-refractivity contribution is -0.120. The second kappa shape index (κ2) is 10.2. The number of carbonyl (C=O) groups excluding carboxylic acids is 1. The standard InChI is InChI=1S/C21H28N2O3S/c1-18-9-6-7-13-20(18)17-21(24)22-14-16-23(27(2,25)26)15-8-12-19-10-4-3-5-11-19/h3-7,9-11,13H,8,12,14-17H2,1-2H3,(H,22,24). The van der Waals surface area contributed by atoms with Crippen LogP contribution in [-0.2, 0) is 27.7 Å². The summed E-state index contributed by atoms with van der Waals surface area (Å²) in [6, 6.07) is 17.8. The van der Waals surface area contributed by atoms with Gasteiger partial charge in [-0.2, -0.15) is 0 Å². The lowest BCUT2D eigenvalue weighted by Crippen LogP contribution is -2.39. The molecule has 2 rings (SSSR count). The molecule has 0 radical (unpaired) electrons. The zero-order chi connectivity index (χ0) is 19.7. The topological polar surface area (TPSA) is 66.5 Å². The summed E-state index contributed by atoms with van der Waals surface area (Å²) in [6.07, 6.45) is 3.09. The highest BCUT2D eigenvalue weighted by Gasteiger charge is 2.16. The van der Waals surface area contributed by atoms with Crippen molar-refractivity contribution < 1.29 is 13.2 Å². The second-order valence-electron chi connectivity index (χ2n) is 6.70. The maximum absolute atomic E-state index is 12.1. The van der Waals surface area contributed by atoms with Crippen LogP contribution in [0.3, 0.4) is 0 Å². The highest BCUT2D eigenvalue weighted by atomic mass is 32.2. The third-order valence-corrected chi connectivity index (χ3v) is 5.78. The Morgan fingerprint density at radius 1 is 1.00 bits per heavy atom. The first-order chi connectivity index (χ1) is 12.9. The van der Waals surface area contributed by atoms with Crippen molar-refractivity contribution in [3.05, 3.63) is 71.3 Å². The SMILES string of the molecule is Cc1ccccc1CC(=O)NCCN(CCCc1ccccc1)S(C)(=O)=O. The van der Waals surface area contributed by atoms with Gasteiger partial charge in [-0.05, 0) is 36.5 Å². The summed E-state index contributed by atoms with van der Waals surface area (Å²) >= 11 is 0. The number of aryl methyl sites for hydroxylation is 2. The Balaban J connectivity index is 1.78. The Bertz CT molecular complexity index is 836. The first-order valence-electron chi connectivity index (χ1n) is 9.16. The van der Waals surface area contributed by atoms with E-state index in [1.165, 1.54) is 16.1 Å². The Labute approximate surface area is 162 Å². The first-order valence-corrected chi connectivity index (χ1v) is 11.0. The Hall–Kier alpha value is -2.18. The van der Waals surface area contributed by atoms with Gasteiger partial charge in [-0.15, -0.1) is 0 Å². The number of nitrogens with one attached hydrogen (secondary N) is 1. The number of carbonyl (C=O) groups is 1. The molecule has 0 heterocycles. The normalized spacial score (nSPS) is 11.5. The van der Waals surface area contributed by atoms with Crippen LogP contribution in [0.25, 0.3) is 0 Å². The van der Waals surface area contributed by atoms with E-state index in [0.29, 0.717) is 19.5 Å². The maximum Gasteiger partial charge on any atom is 0.224 e. The van der Waals surface area contributed by atoms with Crippen LogP contribution < -0.4 is 5.32 Å². The van der Waals surface area contributed by atoms with E-state index < -0.39 is 10.0 Å². The van der Waals surface area contributed by atoms with Gasteiger partial charge in [0.15, 0.2) is 0 Å². The van der Waals surface area contributed by atoms with Gasteiger partial charge in [0.1, 0.15) is 0 Å². The van der Waals surface area contributed by atoms with Crippen molar-refractivity contribution in [2.45, 2.75) is 26.2 Å². The highest BCUT2D eigenvalue weighted by Crippen LogP contribution is 2.08. The van der Waals surface area contributed by atoms with Crippen LogP contribution in [0.4, 0.5) is 0 Å². The molecule has 0 unspecified atom stereocenters. The largest absolute Gasteiger partial charge is 0.354 e. The molecule has 0 aliphatic rings. The summed E-state index contributed by atoms with van der Waals surface area (Å²) in [5, 5.41) is 2.82. The molecule has 0 aromatic heterocycles. The third kappa shape index (κ3) is 7.53. The number of sulfonamides is 1. The first kappa shape index (κ1) is 21.1. The van der Waals surface area contributed by atoms with Crippen molar-refractivity contribution in [1.29, 1.82) is 0 Å². The fourth-order valence-corrected chi connectivity index (χ4v) is 3.80. The summed E-state index contributed by atoms with van der Waals surface area (Å²) in [5.41, 5.74) is 3.25. The fourth-order valence-electron chi connectivity index (χ4n) is 2.91. The predicted molar refractivity (Wildman–Crippen MR) is 109 cm³/mol. The fraction of sp³-hybridized carbons (Fsp3) is 0.381. The molecule has 0 bridgehead atoms. The number of amides is 1. The molecule has 1 N–H and O–H groups in total. The molecule has 0 saturated heterocycles. The zero-order valence-electron chi connectivity index (χ0n) is 16.0. The second-order valence-corrected chi connectivity index (χ2v) is 8.69. The lowest BCUT2D eigenvalue weighted by Gasteiger charge is -2.20. The van der Waals surface area contributed by atoms with Gasteiger partial charge in [0.05, 0.1) is 12.7 Å². The zero-order valence-corrected chi connectivity index (χ0v) is 16.8. The van der Waals surface area contributed by atoms with Crippen molar-refractivity contribution in [2.24, 2.45) is 0 Å². The summed E-state index contributed by atoms with van der Waals surface area (Å²) in [7, 11) is -3.30. The van der Waals surface area contributed by atoms with Crippen LogP contribution in [0.15, 0.2) is 54.6 Å². The van der Waals surface area contributed by atoms with Gasteiger partial charge in [0.2, 0.25) is 15.9 Å². The molecular formula is C21H28N2O3S. The highest BCUT2D eigenvalue weighted by molar-refractivity contribution is 7.88. The molecule has 146 valence electrons. The molecule has 27 heavy (non-hydrogen) atoms. The van der Waals surface area contributed by atoms with Crippen LogP contribution in [0, 0.1) is 6.92 Å². The number of rotatable bonds is 10. The van der Waals surface area contributed by atoms with Gasteiger partial charge in [-0.3, -0.25) is 4.79 Å². The van der Waals surface area contributed by atoms with Gasteiger partial charge < -0.3 is 5.32 Å². The van der Waals surface area contributed by atoms with Gasteiger partial charge in [0.25, 0.3) is 0 Å². The lowest BCUT2D eigenvalue weighted by atomic mass is 10.1. The molecule has 0 saturated carbocycles. The molecule has 0 spiro atoms. The number of hydrogen-bond donors (Lipinski definition) is 1. The van der Waals surface area contributed by atoms with E-state index in [1.54, 1.807) is 0 Å². The van der Waals surface area contributed by atoms with Crippen LogP contribution in [0.5, 0.6) is 0 Å². The van der Waals surface area contributed by atoms with E-state index in [0.717, 1.165) is 24.0 Å². The van der Waals surface area contributed by atoms with Gasteiger partial charge in [-0.1, -0.05) is 54.6 Å². The van der Waals surface area contributed by atoms with Crippen molar-refractivity contribution in [3.63, 3.8) is 0 Å². The minimum atomic E-state index is -3.30. The molecule has 0 fully saturated rings. The van der Waals surface area contributed by atoms with E-state index in [9.17, 15) is 13.2 Å². The average Bonchev–Trinajstić information content (AvgIpc) is 2.62. The quantitative estimate of drug-likeness (QED) is 0.680. The molecule has 1 amide bonds. The average molecular weight is 389 g/mol. The monoisotopic (exact) mass is 388 g/mol. The van der Waals surface area contributed by atoms with Crippen LogP contribution >= 0.6 is 0 Å². The molecule has 5 nitrogen and oxygen atoms in total. The van der Waals surface area contributed by atoms with Gasteiger partial charge in [-0.25, -0.2) is 12.7 Å². The molecule has 2 aromatic carbocycles. The summed E-state index contributed by atoms with van der Waals surface area (Å²) in [6.45, 7) is 3.01. The summed E-state index contributed by atoms with van der Waals surface area (Å²) in [4.78, 5) is 12.1. The van der Waals surface area contributed by atoms with E-state index in [-0.39, 0.29) is 12.5 Å². The molecule has 2 aromatic rings. The van der Waals surface area contributed by atoms with Crippen molar-refractivity contribution in [2.75, 3.05) is 25.9 Å². The van der Waals surface area contributed by atoms with Gasteiger partial charge >= 0.3 is 0 Å². The summed E-state index contributed by atoms with van der Waals surface area (Å²) in [5.74, 6) is -0.0953.